The molecule has 0 aliphatic rings. The lowest BCUT2D eigenvalue weighted by atomic mass is 9.97. The molecule has 1 unspecified atom stereocenters. The molecular formula is C12H21N3O. The Hall–Kier alpha value is -1.00. The molecule has 0 fully saturated rings. The molecule has 0 radical (unpaired) electrons. The van der Waals surface area contributed by atoms with Crippen molar-refractivity contribution in [3.8, 4) is 0 Å². The molecule has 0 bridgehead atoms. The summed E-state index contributed by atoms with van der Waals surface area (Å²) >= 11 is 0. The van der Waals surface area contributed by atoms with Crippen LogP contribution in [0.5, 0.6) is 0 Å². The van der Waals surface area contributed by atoms with E-state index in [9.17, 15) is 5.11 Å². The fourth-order valence-electron chi connectivity index (χ4n) is 1.39. The van der Waals surface area contributed by atoms with Crippen LogP contribution in [0, 0.1) is 0 Å². The second-order valence-electron chi connectivity index (χ2n) is 5.29. The highest BCUT2D eigenvalue weighted by Gasteiger charge is 2.25. The SMILES string of the molecule is CC(C)(C)NCCC(C)(O)c1cnccn1. The minimum absolute atomic E-state index is 0.0679. The first-order valence-corrected chi connectivity index (χ1v) is 5.55. The predicted octanol–water partition coefficient (Wildman–Crippen LogP) is 1.46. The van der Waals surface area contributed by atoms with E-state index in [1.165, 1.54) is 0 Å². The van der Waals surface area contributed by atoms with Gasteiger partial charge in [0, 0.05) is 17.9 Å². The fourth-order valence-corrected chi connectivity index (χ4v) is 1.39. The van der Waals surface area contributed by atoms with Crippen LogP contribution in [0.3, 0.4) is 0 Å². The quantitative estimate of drug-likeness (QED) is 0.811. The Balaban J connectivity index is 2.53. The number of hydrogen-bond acceptors (Lipinski definition) is 4. The minimum atomic E-state index is -0.924. The molecule has 4 heteroatoms. The van der Waals surface area contributed by atoms with Crippen molar-refractivity contribution in [2.24, 2.45) is 0 Å². The van der Waals surface area contributed by atoms with Gasteiger partial charge in [0.25, 0.3) is 0 Å². The van der Waals surface area contributed by atoms with Gasteiger partial charge in [-0.2, -0.15) is 0 Å². The van der Waals surface area contributed by atoms with Gasteiger partial charge in [0.2, 0.25) is 0 Å². The van der Waals surface area contributed by atoms with E-state index >= 15 is 0 Å². The number of aromatic nitrogens is 2. The van der Waals surface area contributed by atoms with Crippen molar-refractivity contribution in [1.29, 1.82) is 0 Å². The Morgan fingerprint density at radius 3 is 2.44 bits per heavy atom. The van der Waals surface area contributed by atoms with Gasteiger partial charge in [-0.15, -0.1) is 0 Å². The van der Waals surface area contributed by atoms with Gasteiger partial charge in [0.1, 0.15) is 5.60 Å². The summed E-state index contributed by atoms with van der Waals surface area (Å²) in [5, 5.41) is 13.6. The normalized spacial score (nSPS) is 15.8. The van der Waals surface area contributed by atoms with Crippen LogP contribution >= 0.6 is 0 Å². The average molecular weight is 223 g/mol. The zero-order valence-electron chi connectivity index (χ0n) is 10.5. The monoisotopic (exact) mass is 223 g/mol. The number of nitrogens with one attached hydrogen (secondary N) is 1. The second kappa shape index (κ2) is 4.89. The van der Waals surface area contributed by atoms with Crippen molar-refractivity contribution in [1.82, 2.24) is 15.3 Å². The highest BCUT2D eigenvalue weighted by molar-refractivity contribution is 5.06. The van der Waals surface area contributed by atoms with Crippen LogP contribution in [-0.2, 0) is 5.60 Å². The summed E-state index contributed by atoms with van der Waals surface area (Å²) in [6, 6.07) is 0. The molecule has 1 heterocycles. The molecule has 1 rings (SSSR count). The van der Waals surface area contributed by atoms with E-state index in [1.807, 2.05) is 0 Å². The molecule has 0 spiro atoms. The van der Waals surface area contributed by atoms with E-state index in [4.69, 9.17) is 0 Å². The van der Waals surface area contributed by atoms with Crippen LogP contribution in [0.1, 0.15) is 39.8 Å². The van der Waals surface area contributed by atoms with E-state index in [1.54, 1.807) is 25.5 Å². The topological polar surface area (TPSA) is 58.0 Å². The van der Waals surface area contributed by atoms with Crippen molar-refractivity contribution < 1.29 is 5.11 Å². The van der Waals surface area contributed by atoms with E-state index in [2.05, 4.69) is 36.1 Å². The molecule has 0 aliphatic carbocycles. The van der Waals surface area contributed by atoms with E-state index in [0.717, 1.165) is 6.54 Å². The molecule has 0 saturated carbocycles. The van der Waals surface area contributed by atoms with Gasteiger partial charge < -0.3 is 10.4 Å². The average Bonchev–Trinajstić information content (AvgIpc) is 2.17. The fraction of sp³-hybridized carbons (Fsp3) is 0.667. The summed E-state index contributed by atoms with van der Waals surface area (Å²) in [7, 11) is 0. The van der Waals surface area contributed by atoms with Crippen LogP contribution in [0.25, 0.3) is 0 Å². The first kappa shape index (κ1) is 13.1. The summed E-state index contributed by atoms with van der Waals surface area (Å²) in [6.45, 7) is 8.81. The maximum absolute atomic E-state index is 10.2. The minimum Gasteiger partial charge on any atom is -0.384 e. The molecule has 0 aromatic carbocycles. The zero-order valence-corrected chi connectivity index (χ0v) is 10.5. The molecule has 2 N–H and O–H groups in total. The van der Waals surface area contributed by atoms with Crippen LogP contribution in [0.4, 0.5) is 0 Å². The highest BCUT2D eigenvalue weighted by atomic mass is 16.3. The Morgan fingerprint density at radius 1 is 1.25 bits per heavy atom. The maximum Gasteiger partial charge on any atom is 0.106 e. The Bertz CT molecular complexity index is 317. The highest BCUT2D eigenvalue weighted by Crippen LogP contribution is 2.21. The summed E-state index contributed by atoms with van der Waals surface area (Å²) in [4.78, 5) is 8.09. The number of hydrogen-bond donors (Lipinski definition) is 2. The van der Waals surface area contributed by atoms with Gasteiger partial charge in [-0.3, -0.25) is 9.97 Å². The lowest BCUT2D eigenvalue weighted by molar-refractivity contribution is 0.0416. The third-order valence-corrected chi connectivity index (χ3v) is 2.38. The Kier molecular flexibility index (Phi) is 3.99. The van der Waals surface area contributed by atoms with Crippen molar-refractivity contribution in [3.63, 3.8) is 0 Å². The lowest BCUT2D eigenvalue weighted by Crippen LogP contribution is -2.39. The standard InChI is InChI=1S/C12H21N3O/c1-11(2,3)15-6-5-12(4,16)10-9-13-7-8-14-10/h7-9,15-16H,5-6H2,1-4H3. The van der Waals surface area contributed by atoms with Crippen molar-refractivity contribution in [2.45, 2.75) is 45.3 Å². The summed E-state index contributed by atoms with van der Waals surface area (Å²) in [5.41, 5.74) is -0.240. The molecule has 1 aromatic heterocycles. The third-order valence-electron chi connectivity index (χ3n) is 2.38. The summed E-state index contributed by atoms with van der Waals surface area (Å²) in [5.74, 6) is 0. The molecule has 4 nitrogen and oxygen atoms in total. The molecule has 0 saturated heterocycles. The molecular weight excluding hydrogens is 202 g/mol. The largest absolute Gasteiger partial charge is 0.384 e. The molecule has 90 valence electrons. The van der Waals surface area contributed by atoms with Gasteiger partial charge in [-0.1, -0.05) is 0 Å². The molecule has 0 amide bonds. The molecule has 0 aliphatic heterocycles. The molecule has 1 atom stereocenters. The smallest absolute Gasteiger partial charge is 0.106 e. The van der Waals surface area contributed by atoms with Gasteiger partial charge in [-0.25, -0.2) is 0 Å². The maximum atomic E-state index is 10.2. The van der Waals surface area contributed by atoms with Crippen LogP contribution in [0.2, 0.25) is 0 Å². The number of rotatable bonds is 4. The van der Waals surface area contributed by atoms with Crippen molar-refractivity contribution >= 4 is 0 Å². The zero-order chi connectivity index (χ0) is 12.2. The Morgan fingerprint density at radius 2 is 1.94 bits per heavy atom. The number of nitrogens with zero attached hydrogens (tertiary/aromatic N) is 2. The van der Waals surface area contributed by atoms with E-state index < -0.39 is 5.60 Å². The third kappa shape index (κ3) is 4.24. The van der Waals surface area contributed by atoms with E-state index in [-0.39, 0.29) is 5.54 Å². The van der Waals surface area contributed by atoms with Gasteiger partial charge in [0.15, 0.2) is 0 Å². The van der Waals surface area contributed by atoms with Gasteiger partial charge >= 0.3 is 0 Å². The summed E-state index contributed by atoms with van der Waals surface area (Å²) < 4.78 is 0. The van der Waals surface area contributed by atoms with Crippen LogP contribution in [-0.4, -0.2) is 27.2 Å². The van der Waals surface area contributed by atoms with E-state index in [0.29, 0.717) is 12.1 Å². The first-order chi connectivity index (χ1) is 7.31. The van der Waals surface area contributed by atoms with Crippen molar-refractivity contribution in [2.75, 3.05) is 6.54 Å². The first-order valence-electron chi connectivity index (χ1n) is 5.55. The number of aliphatic hydroxyl groups is 1. The second-order valence-corrected chi connectivity index (χ2v) is 5.29. The lowest BCUT2D eigenvalue weighted by Gasteiger charge is -2.26. The van der Waals surface area contributed by atoms with Crippen molar-refractivity contribution in [3.05, 3.63) is 24.3 Å². The summed E-state index contributed by atoms with van der Waals surface area (Å²) in [6.07, 6.45) is 5.42. The van der Waals surface area contributed by atoms with Gasteiger partial charge in [-0.05, 0) is 40.7 Å². The van der Waals surface area contributed by atoms with Gasteiger partial charge in [0.05, 0.1) is 11.9 Å². The van der Waals surface area contributed by atoms with Crippen LogP contribution < -0.4 is 5.32 Å². The predicted molar refractivity (Wildman–Crippen MR) is 64.0 cm³/mol. The molecule has 1 aromatic rings. The van der Waals surface area contributed by atoms with Crippen LogP contribution in [0.15, 0.2) is 18.6 Å². The Labute approximate surface area is 97.1 Å². The molecule has 16 heavy (non-hydrogen) atoms.